The van der Waals surface area contributed by atoms with Gasteiger partial charge < -0.3 is 15.1 Å². The Morgan fingerprint density at radius 1 is 1.25 bits per heavy atom. The number of benzene rings is 1. The van der Waals surface area contributed by atoms with Gasteiger partial charge in [0.1, 0.15) is 0 Å². The second-order valence-electron chi connectivity index (χ2n) is 6.52. The zero-order chi connectivity index (χ0) is 13.9. The van der Waals surface area contributed by atoms with E-state index in [1.807, 2.05) is 0 Å². The SMILES string of the molecule is CN(C)[C@H]1CCN(CCN[C@@H]2C[C@H]2c2ccccc2)C1. The molecule has 2 fully saturated rings. The van der Waals surface area contributed by atoms with Gasteiger partial charge in [0, 0.05) is 37.6 Å². The average molecular weight is 273 g/mol. The van der Waals surface area contributed by atoms with E-state index in [0.717, 1.165) is 18.5 Å². The largest absolute Gasteiger partial charge is 0.312 e. The Kier molecular flexibility index (Phi) is 4.39. The van der Waals surface area contributed by atoms with Gasteiger partial charge in [-0.25, -0.2) is 0 Å². The highest BCUT2D eigenvalue weighted by molar-refractivity contribution is 5.27. The highest BCUT2D eigenvalue weighted by Crippen LogP contribution is 2.40. The molecule has 1 aliphatic carbocycles. The van der Waals surface area contributed by atoms with Gasteiger partial charge in [0.05, 0.1) is 0 Å². The fraction of sp³-hybridized carbons (Fsp3) is 0.647. The summed E-state index contributed by atoms with van der Waals surface area (Å²) in [4.78, 5) is 4.96. The van der Waals surface area contributed by atoms with Crippen LogP contribution < -0.4 is 5.32 Å². The van der Waals surface area contributed by atoms with E-state index in [4.69, 9.17) is 0 Å². The Morgan fingerprint density at radius 3 is 2.75 bits per heavy atom. The molecule has 20 heavy (non-hydrogen) atoms. The summed E-state index contributed by atoms with van der Waals surface area (Å²) in [5.41, 5.74) is 1.50. The lowest BCUT2D eigenvalue weighted by Gasteiger charge is -2.20. The summed E-state index contributed by atoms with van der Waals surface area (Å²) in [6, 6.07) is 12.4. The summed E-state index contributed by atoms with van der Waals surface area (Å²) in [5, 5.41) is 3.72. The molecule has 0 spiro atoms. The number of rotatable bonds is 6. The van der Waals surface area contributed by atoms with Gasteiger partial charge in [-0.3, -0.25) is 0 Å². The van der Waals surface area contributed by atoms with Crippen LogP contribution in [0.25, 0.3) is 0 Å². The Hall–Kier alpha value is -0.900. The van der Waals surface area contributed by atoms with Crippen molar-refractivity contribution in [2.75, 3.05) is 40.3 Å². The van der Waals surface area contributed by atoms with E-state index in [1.54, 1.807) is 0 Å². The molecule has 3 heteroatoms. The number of nitrogens with one attached hydrogen (secondary N) is 1. The van der Waals surface area contributed by atoms with Gasteiger partial charge in [0.15, 0.2) is 0 Å². The van der Waals surface area contributed by atoms with Crippen LogP contribution in [0.3, 0.4) is 0 Å². The van der Waals surface area contributed by atoms with Crippen LogP contribution in [0.4, 0.5) is 0 Å². The summed E-state index contributed by atoms with van der Waals surface area (Å²) < 4.78 is 0. The lowest BCUT2D eigenvalue weighted by Crippen LogP contribution is -2.35. The molecule has 3 nitrogen and oxygen atoms in total. The molecule has 0 unspecified atom stereocenters. The van der Waals surface area contributed by atoms with Crippen molar-refractivity contribution in [1.29, 1.82) is 0 Å². The van der Waals surface area contributed by atoms with Crippen molar-refractivity contribution in [3.05, 3.63) is 35.9 Å². The first-order valence-electron chi connectivity index (χ1n) is 7.91. The van der Waals surface area contributed by atoms with Gasteiger partial charge in [-0.1, -0.05) is 30.3 Å². The molecule has 1 heterocycles. The summed E-state index contributed by atoms with van der Waals surface area (Å²) in [5.74, 6) is 0.754. The van der Waals surface area contributed by atoms with Crippen LogP contribution in [-0.2, 0) is 0 Å². The molecule has 3 rings (SSSR count). The smallest absolute Gasteiger partial charge is 0.0229 e. The lowest BCUT2D eigenvalue weighted by molar-refractivity contribution is 0.268. The third-order valence-corrected chi connectivity index (χ3v) is 4.83. The quantitative estimate of drug-likeness (QED) is 0.852. The fourth-order valence-corrected chi connectivity index (χ4v) is 3.33. The predicted molar refractivity (Wildman–Crippen MR) is 84.1 cm³/mol. The van der Waals surface area contributed by atoms with Gasteiger partial charge in [-0.2, -0.15) is 0 Å². The number of hydrogen-bond acceptors (Lipinski definition) is 3. The highest BCUT2D eigenvalue weighted by Gasteiger charge is 2.37. The average Bonchev–Trinajstić information content (AvgIpc) is 3.07. The zero-order valence-corrected chi connectivity index (χ0v) is 12.8. The molecule has 1 aromatic rings. The highest BCUT2D eigenvalue weighted by atomic mass is 15.2. The third kappa shape index (κ3) is 3.40. The lowest BCUT2D eigenvalue weighted by atomic mass is 10.1. The molecule has 2 aliphatic rings. The van der Waals surface area contributed by atoms with Crippen LogP contribution in [0.15, 0.2) is 30.3 Å². The first kappa shape index (κ1) is 14.1. The Bertz CT molecular complexity index is 418. The van der Waals surface area contributed by atoms with Crippen LogP contribution >= 0.6 is 0 Å². The molecular formula is C17H27N3. The molecule has 3 atom stereocenters. The van der Waals surface area contributed by atoms with Crippen molar-refractivity contribution in [2.24, 2.45) is 0 Å². The van der Waals surface area contributed by atoms with Crippen LogP contribution in [0.5, 0.6) is 0 Å². The molecule has 1 aliphatic heterocycles. The maximum absolute atomic E-state index is 3.72. The van der Waals surface area contributed by atoms with Gasteiger partial charge in [0.25, 0.3) is 0 Å². The molecule has 0 aromatic heterocycles. The van der Waals surface area contributed by atoms with E-state index in [9.17, 15) is 0 Å². The first-order valence-corrected chi connectivity index (χ1v) is 7.91. The summed E-state index contributed by atoms with van der Waals surface area (Å²) >= 11 is 0. The maximum Gasteiger partial charge on any atom is 0.0229 e. The van der Waals surface area contributed by atoms with Gasteiger partial charge in [-0.05, 0) is 39.0 Å². The van der Waals surface area contributed by atoms with Crippen molar-refractivity contribution < 1.29 is 0 Å². The predicted octanol–water partition coefficient (Wildman–Crippen LogP) is 1.77. The Labute approximate surface area is 123 Å². The van der Waals surface area contributed by atoms with Crippen LogP contribution in [0, 0.1) is 0 Å². The van der Waals surface area contributed by atoms with Gasteiger partial charge >= 0.3 is 0 Å². The maximum atomic E-state index is 3.72. The van der Waals surface area contributed by atoms with Gasteiger partial charge in [-0.15, -0.1) is 0 Å². The van der Waals surface area contributed by atoms with Crippen molar-refractivity contribution in [2.45, 2.75) is 30.8 Å². The van der Waals surface area contributed by atoms with E-state index >= 15 is 0 Å². The van der Waals surface area contributed by atoms with Crippen LogP contribution in [0.1, 0.15) is 24.3 Å². The summed E-state index contributed by atoms with van der Waals surface area (Å²) in [6.07, 6.45) is 2.63. The second-order valence-corrected chi connectivity index (χ2v) is 6.52. The Morgan fingerprint density at radius 2 is 2.05 bits per heavy atom. The molecule has 0 bridgehead atoms. The van der Waals surface area contributed by atoms with Crippen molar-refractivity contribution in [3.8, 4) is 0 Å². The normalized spacial score (nSPS) is 30.1. The van der Waals surface area contributed by atoms with Crippen molar-refractivity contribution in [3.63, 3.8) is 0 Å². The minimum absolute atomic E-state index is 0.713. The van der Waals surface area contributed by atoms with Crippen molar-refractivity contribution in [1.82, 2.24) is 15.1 Å². The molecule has 0 radical (unpaired) electrons. The molecule has 0 amide bonds. The number of nitrogens with zero attached hydrogens (tertiary/aromatic N) is 2. The van der Waals surface area contributed by atoms with Crippen molar-refractivity contribution >= 4 is 0 Å². The van der Waals surface area contributed by atoms with E-state index in [-0.39, 0.29) is 0 Å². The molecule has 1 saturated heterocycles. The van der Waals surface area contributed by atoms with Crippen LogP contribution in [-0.4, -0.2) is 62.2 Å². The number of likely N-dealkylation sites (N-methyl/N-ethyl adjacent to an activating group) is 1. The molecule has 1 saturated carbocycles. The van der Waals surface area contributed by atoms with E-state index in [0.29, 0.717) is 6.04 Å². The molecule has 1 N–H and O–H groups in total. The monoisotopic (exact) mass is 273 g/mol. The number of likely N-dealkylation sites (tertiary alicyclic amines) is 1. The minimum Gasteiger partial charge on any atom is -0.312 e. The molecule has 110 valence electrons. The molecule has 1 aromatic carbocycles. The third-order valence-electron chi connectivity index (χ3n) is 4.83. The zero-order valence-electron chi connectivity index (χ0n) is 12.8. The van der Waals surface area contributed by atoms with Gasteiger partial charge in [0.2, 0.25) is 0 Å². The second kappa shape index (κ2) is 6.25. The summed E-state index contributed by atoms with van der Waals surface area (Å²) in [7, 11) is 4.39. The molecular weight excluding hydrogens is 246 g/mol. The van der Waals surface area contributed by atoms with Crippen LogP contribution in [0.2, 0.25) is 0 Å². The topological polar surface area (TPSA) is 18.5 Å². The minimum atomic E-state index is 0.713. The standard InChI is InChI=1S/C17H27N3/c1-19(2)15-8-10-20(13-15)11-9-18-17-12-16(17)14-6-4-3-5-7-14/h3-7,15-18H,8-13H2,1-2H3/t15-,16-,17+/m0/s1. The van der Waals surface area contributed by atoms with E-state index < -0.39 is 0 Å². The van der Waals surface area contributed by atoms with E-state index in [2.05, 4.69) is 59.5 Å². The first-order chi connectivity index (χ1) is 9.74. The Balaban J connectivity index is 1.34. The van der Waals surface area contributed by atoms with E-state index in [1.165, 1.54) is 38.0 Å². The number of hydrogen-bond donors (Lipinski definition) is 1. The fourth-order valence-electron chi connectivity index (χ4n) is 3.33. The summed E-state index contributed by atoms with van der Waals surface area (Å²) in [6.45, 7) is 4.83.